The molecule has 18 heavy (non-hydrogen) atoms. The fourth-order valence-electron chi connectivity index (χ4n) is 1.43. The van der Waals surface area contributed by atoms with E-state index in [9.17, 15) is 0 Å². The lowest BCUT2D eigenvalue weighted by Crippen LogP contribution is -1.89. The van der Waals surface area contributed by atoms with Crippen LogP contribution in [0, 0.1) is 0 Å². The first-order valence-electron chi connectivity index (χ1n) is 5.22. The van der Waals surface area contributed by atoms with Gasteiger partial charge in [-0.05, 0) is 24.3 Å². The molecule has 0 atom stereocenters. The Morgan fingerprint density at radius 3 is 2.61 bits per heavy atom. The predicted molar refractivity (Wildman–Crippen MR) is 72.8 cm³/mol. The minimum absolute atomic E-state index is 0.455. The quantitative estimate of drug-likeness (QED) is 0.916. The summed E-state index contributed by atoms with van der Waals surface area (Å²) in [4.78, 5) is 0. The summed E-state index contributed by atoms with van der Waals surface area (Å²) in [7, 11) is 3.24. The maximum Gasteiger partial charge on any atom is 0.203 e. The Balaban J connectivity index is 2.25. The Kier molecular flexibility index (Phi) is 3.78. The average molecular weight is 263 g/mol. The molecule has 0 aliphatic carbocycles. The molecule has 2 aromatic rings. The maximum absolute atomic E-state index is 5.51. The van der Waals surface area contributed by atoms with E-state index >= 15 is 0 Å². The monoisotopic (exact) mass is 263 g/mol. The van der Waals surface area contributed by atoms with Crippen molar-refractivity contribution in [3.63, 3.8) is 0 Å². The van der Waals surface area contributed by atoms with Gasteiger partial charge in [0.05, 0.1) is 14.2 Å². The van der Waals surface area contributed by atoms with Crippen molar-refractivity contribution in [3.8, 4) is 11.5 Å². The summed E-state index contributed by atoms with van der Waals surface area (Å²) in [6.07, 6.45) is 3.75. The molecule has 0 radical (unpaired) electrons. The summed E-state index contributed by atoms with van der Waals surface area (Å²) < 4.78 is 10.4. The first-order chi connectivity index (χ1) is 8.72. The van der Waals surface area contributed by atoms with Crippen LogP contribution in [0.25, 0.3) is 12.2 Å². The highest BCUT2D eigenvalue weighted by atomic mass is 32.1. The van der Waals surface area contributed by atoms with Crippen molar-refractivity contribution >= 4 is 28.6 Å². The van der Waals surface area contributed by atoms with Crippen LogP contribution in [0.5, 0.6) is 11.5 Å². The Morgan fingerprint density at radius 2 is 2.00 bits per heavy atom. The molecule has 0 aliphatic heterocycles. The molecule has 1 aromatic carbocycles. The average Bonchev–Trinajstić information content (AvgIpc) is 2.82. The van der Waals surface area contributed by atoms with E-state index in [1.807, 2.05) is 30.4 Å². The minimum atomic E-state index is 0.455. The number of hydrogen-bond donors (Lipinski definition) is 1. The second-order valence-electron chi connectivity index (χ2n) is 3.42. The van der Waals surface area contributed by atoms with E-state index in [0.717, 1.165) is 22.1 Å². The number of benzene rings is 1. The topological polar surface area (TPSA) is 70.3 Å². The zero-order chi connectivity index (χ0) is 13.0. The number of nitrogen functional groups attached to an aromatic ring is 1. The lowest BCUT2D eigenvalue weighted by Gasteiger charge is -2.06. The van der Waals surface area contributed by atoms with E-state index in [-0.39, 0.29) is 0 Å². The third-order valence-electron chi connectivity index (χ3n) is 2.30. The number of nitrogens with two attached hydrogens (primary N) is 1. The van der Waals surface area contributed by atoms with E-state index in [4.69, 9.17) is 15.2 Å². The van der Waals surface area contributed by atoms with E-state index in [2.05, 4.69) is 10.2 Å². The van der Waals surface area contributed by atoms with Gasteiger partial charge in [-0.3, -0.25) is 0 Å². The molecule has 0 amide bonds. The predicted octanol–water partition coefficient (Wildman–Crippen LogP) is 2.31. The highest BCUT2D eigenvalue weighted by Crippen LogP contribution is 2.26. The minimum Gasteiger partial charge on any atom is -0.497 e. The highest BCUT2D eigenvalue weighted by molar-refractivity contribution is 7.15. The third kappa shape index (κ3) is 2.78. The standard InChI is InChI=1S/C12H13N3O2S/c1-16-9-5-3-8(10(7-9)17-2)4-6-11-14-15-12(13)18-11/h3-7H,1-2H3,(H2,13,15)/b6-4+. The molecule has 5 nitrogen and oxygen atoms in total. The first kappa shape index (κ1) is 12.4. The highest BCUT2D eigenvalue weighted by Gasteiger charge is 2.02. The number of ether oxygens (including phenoxy) is 2. The van der Waals surface area contributed by atoms with Gasteiger partial charge in [-0.1, -0.05) is 11.3 Å². The molecule has 1 heterocycles. The van der Waals surface area contributed by atoms with Crippen molar-refractivity contribution in [2.24, 2.45) is 0 Å². The van der Waals surface area contributed by atoms with Crippen molar-refractivity contribution in [2.75, 3.05) is 20.0 Å². The SMILES string of the molecule is COc1ccc(/C=C/c2nnc(N)s2)c(OC)c1. The van der Waals surface area contributed by atoms with Gasteiger partial charge in [-0.15, -0.1) is 10.2 Å². The summed E-state index contributed by atoms with van der Waals surface area (Å²) in [5.74, 6) is 1.49. The van der Waals surface area contributed by atoms with E-state index in [1.54, 1.807) is 14.2 Å². The number of anilines is 1. The van der Waals surface area contributed by atoms with Crippen LogP contribution in [0.2, 0.25) is 0 Å². The third-order valence-corrected chi connectivity index (χ3v) is 3.02. The molecule has 0 unspecified atom stereocenters. The molecule has 0 saturated heterocycles. The zero-order valence-electron chi connectivity index (χ0n) is 10.1. The van der Waals surface area contributed by atoms with Crippen LogP contribution >= 0.6 is 11.3 Å². The van der Waals surface area contributed by atoms with E-state index < -0.39 is 0 Å². The van der Waals surface area contributed by atoms with Gasteiger partial charge < -0.3 is 15.2 Å². The van der Waals surface area contributed by atoms with Crippen molar-refractivity contribution in [1.29, 1.82) is 0 Å². The molecule has 94 valence electrons. The summed E-state index contributed by atoms with van der Waals surface area (Å²) in [5.41, 5.74) is 6.45. The van der Waals surface area contributed by atoms with E-state index in [1.165, 1.54) is 11.3 Å². The molecular formula is C12H13N3O2S. The van der Waals surface area contributed by atoms with Gasteiger partial charge >= 0.3 is 0 Å². The van der Waals surface area contributed by atoms with Crippen molar-refractivity contribution in [2.45, 2.75) is 0 Å². The second kappa shape index (κ2) is 5.50. The second-order valence-corrected chi connectivity index (χ2v) is 4.46. The Bertz CT molecular complexity index is 566. The van der Waals surface area contributed by atoms with Crippen molar-refractivity contribution < 1.29 is 9.47 Å². The summed E-state index contributed by atoms with van der Waals surface area (Å²) in [6.45, 7) is 0. The molecule has 1 aromatic heterocycles. The van der Waals surface area contributed by atoms with Gasteiger partial charge in [-0.25, -0.2) is 0 Å². The van der Waals surface area contributed by atoms with Crippen molar-refractivity contribution in [1.82, 2.24) is 10.2 Å². The molecular weight excluding hydrogens is 250 g/mol. The van der Waals surface area contributed by atoms with Crippen LogP contribution in [0.15, 0.2) is 18.2 Å². The van der Waals surface area contributed by atoms with Gasteiger partial charge in [0.25, 0.3) is 0 Å². The Hall–Kier alpha value is -2.08. The number of rotatable bonds is 4. The van der Waals surface area contributed by atoms with Gasteiger partial charge in [0.1, 0.15) is 16.5 Å². The normalized spacial score (nSPS) is 10.8. The van der Waals surface area contributed by atoms with Gasteiger partial charge in [0.15, 0.2) is 0 Å². The maximum atomic E-state index is 5.51. The summed E-state index contributed by atoms with van der Waals surface area (Å²) in [5, 5.41) is 8.86. The number of methoxy groups -OCH3 is 2. The van der Waals surface area contributed by atoms with Crippen LogP contribution in [0.1, 0.15) is 10.6 Å². The van der Waals surface area contributed by atoms with Crippen LogP contribution in [-0.4, -0.2) is 24.4 Å². The molecule has 0 bridgehead atoms. The Labute approximate surface area is 109 Å². The lowest BCUT2D eigenvalue weighted by atomic mass is 10.2. The molecule has 0 fully saturated rings. The van der Waals surface area contributed by atoms with E-state index in [0.29, 0.717) is 5.13 Å². The van der Waals surface area contributed by atoms with Gasteiger partial charge in [-0.2, -0.15) is 0 Å². The first-order valence-corrected chi connectivity index (χ1v) is 6.03. The Morgan fingerprint density at radius 1 is 1.17 bits per heavy atom. The van der Waals surface area contributed by atoms with Crippen LogP contribution in [0.4, 0.5) is 5.13 Å². The number of nitrogens with zero attached hydrogens (tertiary/aromatic N) is 2. The van der Waals surface area contributed by atoms with Crippen LogP contribution < -0.4 is 15.2 Å². The molecule has 6 heteroatoms. The summed E-state index contributed by atoms with van der Waals surface area (Å²) in [6, 6.07) is 5.61. The van der Waals surface area contributed by atoms with Crippen LogP contribution in [-0.2, 0) is 0 Å². The fraction of sp³-hybridized carbons (Fsp3) is 0.167. The van der Waals surface area contributed by atoms with Gasteiger partial charge in [0.2, 0.25) is 5.13 Å². The van der Waals surface area contributed by atoms with Gasteiger partial charge in [0, 0.05) is 11.6 Å². The summed E-state index contributed by atoms with van der Waals surface area (Å²) >= 11 is 1.33. The smallest absolute Gasteiger partial charge is 0.203 e. The molecule has 2 rings (SSSR count). The zero-order valence-corrected chi connectivity index (χ0v) is 10.9. The number of aromatic nitrogens is 2. The molecule has 0 saturated carbocycles. The molecule has 2 N–H and O–H groups in total. The lowest BCUT2D eigenvalue weighted by molar-refractivity contribution is 0.394. The molecule has 0 spiro atoms. The number of hydrogen-bond acceptors (Lipinski definition) is 6. The fourth-order valence-corrected chi connectivity index (χ4v) is 1.94. The van der Waals surface area contributed by atoms with Crippen molar-refractivity contribution in [3.05, 3.63) is 28.8 Å². The van der Waals surface area contributed by atoms with Crippen LogP contribution in [0.3, 0.4) is 0 Å². The largest absolute Gasteiger partial charge is 0.497 e. The molecule has 0 aliphatic rings.